The van der Waals surface area contributed by atoms with Gasteiger partial charge in [-0.05, 0) is 0 Å². The average Bonchev–Trinajstić information content (AvgIpc) is 2.94. The third-order valence-electron chi connectivity index (χ3n) is 7.08. The fourth-order valence-corrected chi connectivity index (χ4v) is 4.72. The van der Waals surface area contributed by atoms with Crippen LogP contribution in [-0.4, -0.2) is 184 Å². The SMILES string of the molecule is CC(=O)N[C@H]1[C@H]([C@H](O)[C@H](O)CO)O[C@](O)(C(=O)O[C@H]2O[C@H](O)[C@H](O)[C@@H](O)[C@@H]2O[C@@H]2O[C@H](CO)[C@H](O)[C@H](O)[C@H]2O)C[C@@H]1O. The molecule has 3 saturated heterocycles. The third-order valence-corrected chi connectivity index (χ3v) is 7.08. The Hall–Kier alpha value is -1.70. The van der Waals surface area contributed by atoms with Crippen molar-refractivity contribution in [3.8, 4) is 0 Å². The first-order valence-corrected chi connectivity index (χ1v) is 12.7. The van der Waals surface area contributed by atoms with Crippen LogP contribution in [0.3, 0.4) is 0 Å². The normalized spacial score (nSPS) is 46.0. The predicted molar refractivity (Wildman–Crippen MR) is 125 cm³/mol. The summed E-state index contributed by atoms with van der Waals surface area (Å²) >= 11 is 0. The summed E-state index contributed by atoms with van der Waals surface area (Å²) in [5.41, 5.74) is 0. The van der Waals surface area contributed by atoms with Gasteiger partial charge in [0.25, 0.3) is 5.79 Å². The number of carbonyl (C=O) groups is 2. The smallest absolute Gasteiger partial charge is 0.369 e. The quantitative estimate of drug-likeness (QED) is 0.106. The summed E-state index contributed by atoms with van der Waals surface area (Å²) in [6.07, 6.45) is -28.8. The molecule has 3 heterocycles. The highest BCUT2D eigenvalue weighted by atomic mass is 16.8. The summed E-state index contributed by atoms with van der Waals surface area (Å²) < 4.78 is 25.7. The Morgan fingerprint density at radius 2 is 1.57 bits per heavy atom. The van der Waals surface area contributed by atoms with Crippen molar-refractivity contribution in [2.24, 2.45) is 0 Å². The molecular weight excluding hydrogens is 582 g/mol. The van der Waals surface area contributed by atoms with Crippen molar-refractivity contribution in [2.75, 3.05) is 13.2 Å². The van der Waals surface area contributed by atoms with Crippen molar-refractivity contribution in [3.05, 3.63) is 0 Å². The monoisotopic (exact) mass is 619 g/mol. The van der Waals surface area contributed by atoms with Gasteiger partial charge in [0.1, 0.15) is 54.9 Å². The molecule has 42 heavy (non-hydrogen) atoms. The fourth-order valence-electron chi connectivity index (χ4n) is 4.72. The molecule has 0 aromatic heterocycles. The molecule has 20 nitrogen and oxygen atoms in total. The summed E-state index contributed by atoms with van der Waals surface area (Å²) in [6.45, 7) is -0.856. The van der Waals surface area contributed by atoms with Crippen LogP contribution in [0.25, 0.3) is 0 Å². The number of aliphatic hydroxyl groups excluding tert-OH is 11. The van der Waals surface area contributed by atoms with Gasteiger partial charge in [-0.2, -0.15) is 0 Å². The minimum atomic E-state index is -3.17. The standard InChI is InChI=1S/C22H37NO19/c1-5(26)23-9-6(27)2-22(37,42-16(9)10(29)7(28)3-24)21(36)41-20-17(13(32)14(33)18(35)40-20)39-19-15(34)12(31)11(30)8(4-25)38-19/h6-20,24-25,27-35,37H,2-4H2,1H3,(H,23,26)/t6-,7+,8+,9+,10+,11-,12-,13+,14+,15+,16+,17-,18-,19-,20+,22-/m0/s1. The lowest BCUT2D eigenvalue weighted by molar-refractivity contribution is -0.384. The minimum absolute atomic E-state index is 0.739. The summed E-state index contributed by atoms with van der Waals surface area (Å²) in [7, 11) is 0. The summed E-state index contributed by atoms with van der Waals surface area (Å²) in [6, 6.07) is -1.52. The van der Waals surface area contributed by atoms with E-state index in [-0.39, 0.29) is 0 Å². The first-order valence-electron chi connectivity index (χ1n) is 12.7. The van der Waals surface area contributed by atoms with E-state index in [1.165, 1.54) is 0 Å². The highest BCUT2D eigenvalue weighted by molar-refractivity contribution is 5.78. The number of aliphatic hydroxyl groups is 12. The maximum atomic E-state index is 13.1. The summed E-state index contributed by atoms with van der Waals surface area (Å²) in [5.74, 6) is -5.71. The number of esters is 1. The molecule has 0 aromatic rings. The van der Waals surface area contributed by atoms with Gasteiger partial charge in [-0.1, -0.05) is 0 Å². The predicted octanol–water partition coefficient (Wildman–Crippen LogP) is -8.83. The molecule has 3 fully saturated rings. The lowest BCUT2D eigenvalue weighted by Gasteiger charge is -2.47. The van der Waals surface area contributed by atoms with E-state index in [0.717, 1.165) is 6.92 Å². The van der Waals surface area contributed by atoms with E-state index in [0.29, 0.717) is 0 Å². The van der Waals surface area contributed by atoms with Gasteiger partial charge in [-0.25, -0.2) is 4.79 Å². The molecule has 1 amide bonds. The van der Waals surface area contributed by atoms with Gasteiger partial charge >= 0.3 is 5.97 Å². The van der Waals surface area contributed by atoms with Crippen LogP contribution in [0, 0.1) is 0 Å². The molecular formula is C22H37NO19. The first-order chi connectivity index (χ1) is 19.6. The van der Waals surface area contributed by atoms with Crippen LogP contribution < -0.4 is 5.32 Å². The van der Waals surface area contributed by atoms with E-state index in [9.17, 15) is 70.9 Å². The largest absolute Gasteiger partial charge is 0.429 e. The van der Waals surface area contributed by atoms with E-state index in [1.807, 2.05) is 0 Å². The van der Waals surface area contributed by atoms with Gasteiger partial charge in [0.05, 0.1) is 25.4 Å². The van der Waals surface area contributed by atoms with Crippen molar-refractivity contribution >= 4 is 11.9 Å². The Balaban J connectivity index is 1.85. The molecule has 0 aliphatic carbocycles. The van der Waals surface area contributed by atoms with Gasteiger partial charge in [0.2, 0.25) is 12.2 Å². The Kier molecular flexibility index (Phi) is 11.5. The maximum absolute atomic E-state index is 13.1. The van der Waals surface area contributed by atoms with Crippen LogP contribution in [0.1, 0.15) is 13.3 Å². The lowest BCUT2D eigenvalue weighted by Crippen LogP contribution is -2.68. The van der Waals surface area contributed by atoms with Crippen LogP contribution >= 0.6 is 0 Å². The number of carbonyl (C=O) groups excluding carboxylic acids is 2. The highest BCUT2D eigenvalue weighted by Gasteiger charge is 2.57. The number of nitrogens with one attached hydrogen (secondary N) is 1. The van der Waals surface area contributed by atoms with Gasteiger partial charge in [-0.3, -0.25) is 4.79 Å². The average molecular weight is 620 g/mol. The van der Waals surface area contributed by atoms with Crippen LogP contribution in [0.4, 0.5) is 0 Å². The third kappa shape index (κ3) is 7.15. The molecule has 0 radical (unpaired) electrons. The van der Waals surface area contributed by atoms with Gasteiger partial charge < -0.3 is 90.3 Å². The van der Waals surface area contributed by atoms with E-state index < -0.39 is 129 Å². The molecule has 3 aliphatic heterocycles. The molecule has 3 rings (SSSR count). The highest BCUT2D eigenvalue weighted by Crippen LogP contribution is 2.34. The summed E-state index contributed by atoms with van der Waals surface area (Å²) in [5, 5.41) is 123. The van der Waals surface area contributed by atoms with E-state index in [2.05, 4.69) is 5.32 Å². The van der Waals surface area contributed by atoms with E-state index >= 15 is 0 Å². The first kappa shape index (κ1) is 34.8. The van der Waals surface area contributed by atoms with Crippen molar-refractivity contribution in [2.45, 2.75) is 111 Å². The Labute approximate surface area is 236 Å². The van der Waals surface area contributed by atoms with Crippen LogP contribution in [0.2, 0.25) is 0 Å². The number of amides is 1. The van der Waals surface area contributed by atoms with Crippen molar-refractivity contribution in [3.63, 3.8) is 0 Å². The van der Waals surface area contributed by atoms with E-state index in [1.54, 1.807) is 0 Å². The van der Waals surface area contributed by atoms with Crippen LogP contribution in [0.5, 0.6) is 0 Å². The second-order valence-electron chi connectivity index (χ2n) is 10.2. The zero-order chi connectivity index (χ0) is 31.7. The molecule has 0 spiro atoms. The zero-order valence-corrected chi connectivity index (χ0v) is 22.0. The number of hydrogen-bond donors (Lipinski definition) is 13. The van der Waals surface area contributed by atoms with Crippen LogP contribution in [-0.2, 0) is 33.3 Å². The molecule has 244 valence electrons. The fraction of sp³-hybridized carbons (Fsp3) is 0.909. The number of hydrogen-bond acceptors (Lipinski definition) is 19. The Morgan fingerprint density at radius 1 is 0.929 bits per heavy atom. The maximum Gasteiger partial charge on any atom is 0.369 e. The molecule has 20 heteroatoms. The molecule has 13 N–H and O–H groups in total. The number of rotatable bonds is 9. The van der Waals surface area contributed by atoms with Crippen LogP contribution in [0.15, 0.2) is 0 Å². The molecule has 3 aliphatic rings. The second-order valence-corrected chi connectivity index (χ2v) is 10.2. The van der Waals surface area contributed by atoms with Gasteiger partial charge in [-0.15, -0.1) is 0 Å². The topological polar surface area (TPSA) is 335 Å². The minimum Gasteiger partial charge on any atom is -0.429 e. The zero-order valence-electron chi connectivity index (χ0n) is 22.0. The van der Waals surface area contributed by atoms with Crippen molar-refractivity contribution < 1.29 is 94.6 Å². The molecule has 0 unspecified atom stereocenters. The number of ether oxygens (including phenoxy) is 5. The van der Waals surface area contributed by atoms with Gasteiger partial charge in [0.15, 0.2) is 18.7 Å². The Morgan fingerprint density at radius 3 is 2.14 bits per heavy atom. The molecule has 0 saturated carbocycles. The molecule has 0 bridgehead atoms. The lowest BCUT2D eigenvalue weighted by atomic mass is 9.88. The Bertz CT molecular complexity index is 926. The molecule has 0 aromatic carbocycles. The van der Waals surface area contributed by atoms with Gasteiger partial charge in [0, 0.05) is 13.3 Å². The van der Waals surface area contributed by atoms with Crippen molar-refractivity contribution in [1.82, 2.24) is 5.32 Å². The van der Waals surface area contributed by atoms with E-state index in [4.69, 9.17) is 23.7 Å². The second kappa shape index (κ2) is 13.9. The molecule has 16 atom stereocenters. The van der Waals surface area contributed by atoms with Crippen molar-refractivity contribution in [1.29, 1.82) is 0 Å². The summed E-state index contributed by atoms with van der Waals surface area (Å²) in [4.78, 5) is 24.7.